The Bertz CT molecular complexity index is 847. The molecule has 1 aromatic rings. The van der Waals surface area contributed by atoms with E-state index in [0.29, 0.717) is 22.3 Å². The molecule has 1 aliphatic heterocycles. The van der Waals surface area contributed by atoms with E-state index in [1.165, 1.54) is 24.3 Å². The number of phenols is 2. The Morgan fingerprint density at radius 3 is 2.56 bits per heavy atom. The van der Waals surface area contributed by atoms with Gasteiger partial charge < -0.3 is 30.3 Å². The molecule has 2 aliphatic carbocycles. The normalized spacial score (nSPS) is 23.4. The molecule has 0 amide bonds. The molecule has 5 N–H and O–H groups in total. The Kier molecular flexibility index (Phi) is 4.06. The highest BCUT2D eigenvalue weighted by atomic mass is 16.5. The molecule has 7 heteroatoms. The van der Waals surface area contributed by atoms with Crippen molar-refractivity contribution >= 4 is 11.4 Å². The van der Waals surface area contributed by atoms with Gasteiger partial charge in [-0.05, 0) is 42.4 Å². The van der Waals surface area contributed by atoms with Crippen molar-refractivity contribution < 1.29 is 35.1 Å². The van der Waals surface area contributed by atoms with Gasteiger partial charge in [-0.3, -0.25) is 4.79 Å². The first kappa shape index (κ1) is 17.1. The third kappa shape index (κ3) is 2.57. The van der Waals surface area contributed by atoms with Gasteiger partial charge in [-0.2, -0.15) is 0 Å². The summed E-state index contributed by atoms with van der Waals surface area (Å²) in [6.45, 7) is 1.82. The molecule has 132 valence electrons. The van der Waals surface area contributed by atoms with Crippen molar-refractivity contribution in [2.24, 2.45) is 0 Å². The van der Waals surface area contributed by atoms with Crippen molar-refractivity contribution in [3.63, 3.8) is 0 Å². The first-order valence-corrected chi connectivity index (χ1v) is 7.74. The smallest absolute Gasteiger partial charge is 0.220 e. The number of carbonyl (C=O) groups is 1. The Labute approximate surface area is 143 Å². The van der Waals surface area contributed by atoms with Crippen LogP contribution in [-0.2, 0) is 4.79 Å². The van der Waals surface area contributed by atoms with Crippen LogP contribution in [0.15, 0.2) is 41.2 Å². The molecule has 0 bridgehead atoms. The second-order valence-corrected chi connectivity index (χ2v) is 5.98. The number of hydrogen-bond acceptors (Lipinski definition) is 7. The monoisotopic (exact) mass is 346 g/mol. The highest BCUT2D eigenvalue weighted by molar-refractivity contribution is 6.07. The molecule has 0 spiro atoms. The molecule has 7 nitrogen and oxygen atoms in total. The van der Waals surface area contributed by atoms with Crippen LogP contribution in [0.1, 0.15) is 18.9 Å². The number of fused-ring (bicyclic) bond motifs is 4. The van der Waals surface area contributed by atoms with Crippen LogP contribution in [0.2, 0.25) is 0 Å². The topological polar surface area (TPSA) is 127 Å². The summed E-state index contributed by atoms with van der Waals surface area (Å²) >= 11 is 0. The Morgan fingerprint density at radius 1 is 1.20 bits per heavy atom. The van der Waals surface area contributed by atoms with Gasteiger partial charge in [0, 0.05) is 24.2 Å². The molecule has 1 unspecified atom stereocenters. The quantitative estimate of drug-likeness (QED) is 0.448. The van der Waals surface area contributed by atoms with Crippen LogP contribution in [0.25, 0.3) is 5.57 Å². The van der Waals surface area contributed by atoms with E-state index < -0.39 is 22.9 Å². The number of rotatable bonds is 0. The minimum Gasteiger partial charge on any atom is -0.504 e. The van der Waals surface area contributed by atoms with Crippen molar-refractivity contribution in [1.29, 1.82) is 0 Å². The molecule has 1 aromatic carbocycles. The molecule has 3 aliphatic rings. The van der Waals surface area contributed by atoms with Gasteiger partial charge in [0.05, 0.1) is 0 Å². The van der Waals surface area contributed by atoms with Crippen LogP contribution >= 0.6 is 0 Å². The lowest BCUT2D eigenvalue weighted by molar-refractivity contribution is -0.113. The summed E-state index contributed by atoms with van der Waals surface area (Å²) in [5, 5.41) is 47.6. The lowest BCUT2D eigenvalue weighted by Crippen LogP contribution is -2.38. The molecule has 1 atom stereocenters. The number of allylic oxidation sites excluding steroid dienone is 3. The zero-order valence-electron chi connectivity index (χ0n) is 13.5. The molecule has 0 saturated carbocycles. The van der Waals surface area contributed by atoms with E-state index >= 15 is 0 Å². The SMILES string of the molecule is CCO.O=C1C=C2CC3(O)COc4c(ccc(O)c4O)C3=C2C=C1O. The van der Waals surface area contributed by atoms with E-state index in [9.17, 15) is 25.2 Å². The van der Waals surface area contributed by atoms with Gasteiger partial charge in [0.15, 0.2) is 17.3 Å². The van der Waals surface area contributed by atoms with Crippen molar-refractivity contribution in [1.82, 2.24) is 0 Å². The summed E-state index contributed by atoms with van der Waals surface area (Å²) in [6.07, 6.45) is 2.81. The molecule has 1 heterocycles. The van der Waals surface area contributed by atoms with E-state index in [-0.39, 0.29) is 31.1 Å². The van der Waals surface area contributed by atoms with Crippen LogP contribution in [-0.4, -0.2) is 50.1 Å². The Morgan fingerprint density at radius 2 is 1.88 bits per heavy atom. The second-order valence-electron chi connectivity index (χ2n) is 5.98. The van der Waals surface area contributed by atoms with E-state index in [2.05, 4.69) is 0 Å². The highest BCUT2D eigenvalue weighted by Crippen LogP contribution is 2.55. The third-order valence-corrected chi connectivity index (χ3v) is 4.24. The number of ketones is 1. The van der Waals surface area contributed by atoms with Crippen LogP contribution in [0.3, 0.4) is 0 Å². The maximum atomic E-state index is 11.6. The summed E-state index contributed by atoms with van der Waals surface area (Å²) in [5.74, 6) is -1.54. The minimum absolute atomic E-state index is 0.0817. The van der Waals surface area contributed by atoms with Crippen LogP contribution < -0.4 is 4.74 Å². The predicted octanol–water partition coefficient (Wildman–Crippen LogP) is 1.33. The van der Waals surface area contributed by atoms with Crippen molar-refractivity contribution in [3.8, 4) is 17.2 Å². The van der Waals surface area contributed by atoms with Gasteiger partial charge in [-0.15, -0.1) is 0 Å². The van der Waals surface area contributed by atoms with Crippen molar-refractivity contribution in [3.05, 3.63) is 46.8 Å². The number of carbonyl (C=O) groups excluding carboxylic acids is 1. The van der Waals surface area contributed by atoms with Gasteiger partial charge in [-0.25, -0.2) is 0 Å². The van der Waals surface area contributed by atoms with E-state index in [1.54, 1.807) is 6.92 Å². The summed E-state index contributed by atoms with van der Waals surface area (Å²) in [5.41, 5.74) is 0.743. The molecular formula is C18H18O7. The third-order valence-electron chi connectivity index (χ3n) is 4.24. The zero-order chi connectivity index (χ0) is 18.4. The molecule has 4 rings (SSSR count). The standard InChI is InChI=1S/C16H12O6.C2H6O/c17-10-2-1-8-13-9-4-12(19)11(18)3-7(9)5-16(13,21)6-22-15(8)14(10)20;1-2-3/h1-4,17,19-21H,5-6H2;3H,2H2,1H3. The zero-order valence-corrected chi connectivity index (χ0v) is 13.5. The first-order valence-electron chi connectivity index (χ1n) is 7.74. The molecule has 0 fully saturated rings. The molecule has 0 radical (unpaired) electrons. The lowest BCUT2D eigenvalue weighted by atomic mass is 9.87. The fourth-order valence-electron chi connectivity index (χ4n) is 3.26. The summed E-state index contributed by atoms with van der Waals surface area (Å²) in [7, 11) is 0. The highest BCUT2D eigenvalue weighted by Gasteiger charge is 2.48. The number of hydrogen-bond donors (Lipinski definition) is 5. The number of phenolic OH excluding ortho intramolecular Hbond substituents is 2. The lowest BCUT2D eigenvalue weighted by Gasteiger charge is -2.33. The van der Waals surface area contributed by atoms with E-state index in [1.807, 2.05) is 0 Å². The molecule has 0 saturated heterocycles. The molecule has 0 aromatic heterocycles. The minimum atomic E-state index is -1.33. The second kappa shape index (κ2) is 5.94. The Balaban J connectivity index is 0.000000569. The first-order chi connectivity index (χ1) is 11.8. The van der Waals surface area contributed by atoms with Gasteiger partial charge in [0.25, 0.3) is 0 Å². The average molecular weight is 346 g/mol. The number of aliphatic hydroxyl groups excluding tert-OH is 2. The number of benzene rings is 1. The van der Waals surface area contributed by atoms with Crippen LogP contribution in [0.5, 0.6) is 17.2 Å². The van der Waals surface area contributed by atoms with Gasteiger partial charge >= 0.3 is 0 Å². The number of aliphatic hydroxyl groups is 3. The summed E-state index contributed by atoms with van der Waals surface area (Å²) in [4.78, 5) is 11.6. The number of aromatic hydroxyl groups is 2. The predicted molar refractivity (Wildman–Crippen MR) is 88.3 cm³/mol. The van der Waals surface area contributed by atoms with Crippen molar-refractivity contribution in [2.45, 2.75) is 18.9 Å². The molecular weight excluding hydrogens is 328 g/mol. The van der Waals surface area contributed by atoms with Gasteiger partial charge in [-0.1, -0.05) is 0 Å². The maximum Gasteiger partial charge on any atom is 0.220 e. The van der Waals surface area contributed by atoms with Crippen molar-refractivity contribution in [2.75, 3.05) is 13.2 Å². The fourth-order valence-corrected chi connectivity index (χ4v) is 3.26. The summed E-state index contributed by atoms with van der Waals surface area (Å²) < 4.78 is 5.42. The van der Waals surface area contributed by atoms with E-state index in [4.69, 9.17) is 9.84 Å². The maximum absolute atomic E-state index is 11.6. The average Bonchev–Trinajstić information content (AvgIpc) is 2.84. The largest absolute Gasteiger partial charge is 0.504 e. The molecule has 25 heavy (non-hydrogen) atoms. The van der Waals surface area contributed by atoms with Crippen LogP contribution in [0, 0.1) is 0 Å². The van der Waals surface area contributed by atoms with E-state index in [0.717, 1.165) is 0 Å². The van der Waals surface area contributed by atoms with Gasteiger partial charge in [0.1, 0.15) is 12.2 Å². The summed E-state index contributed by atoms with van der Waals surface area (Å²) in [6, 6.07) is 2.83. The number of ether oxygens (including phenoxy) is 1. The Hall–Kier alpha value is -2.77. The van der Waals surface area contributed by atoms with Crippen LogP contribution in [0.4, 0.5) is 0 Å². The fraction of sp³-hybridized carbons (Fsp3) is 0.278. The van der Waals surface area contributed by atoms with Gasteiger partial charge in [0.2, 0.25) is 11.5 Å².